The standard InChI is InChI=1S/C19H21N5O3S/c1-26-12-11-24-18(14-7-9-20-10-8-14)22-23-19(24)28-13-17(25)21-15-3-5-16(27-2)6-4-15/h3-10H,11-13H2,1-2H3,(H,21,25). The van der Waals surface area contributed by atoms with Gasteiger partial charge in [0.05, 0.1) is 26.0 Å². The molecule has 0 radical (unpaired) electrons. The van der Waals surface area contributed by atoms with Gasteiger partial charge in [-0.25, -0.2) is 0 Å². The fourth-order valence-corrected chi connectivity index (χ4v) is 3.26. The van der Waals surface area contributed by atoms with Crippen molar-refractivity contribution in [1.29, 1.82) is 0 Å². The number of amides is 1. The lowest BCUT2D eigenvalue weighted by Crippen LogP contribution is -2.15. The molecule has 0 fully saturated rings. The number of carbonyl (C=O) groups excluding carboxylic acids is 1. The highest BCUT2D eigenvalue weighted by atomic mass is 32.2. The van der Waals surface area contributed by atoms with Crippen LogP contribution >= 0.6 is 11.8 Å². The van der Waals surface area contributed by atoms with Gasteiger partial charge in [-0.05, 0) is 36.4 Å². The number of aromatic nitrogens is 4. The average molecular weight is 399 g/mol. The number of carbonyl (C=O) groups is 1. The summed E-state index contributed by atoms with van der Waals surface area (Å²) in [6.07, 6.45) is 3.42. The van der Waals surface area contributed by atoms with E-state index in [1.54, 1.807) is 50.9 Å². The summed E-state index contributed by atoms with van der Waals surface area (Å²) in [5.74, 6) is 1.55. The minimum atomic E-state index is -0.123. The Bertz CT molecular complexity index is 900. The van der Waals surface area contributed by atoms with Gasteiger partial charge in [0.25, 0.3) is 0 Å². The van der Waals surface area contributed by atoms with Gasteiger partial charge in [-0.15, -0.1) is 10.2 Å². The van der Waals surface area contributed by atoms with Gasteiger partial charge in [-0.2, -0.15) is 0 Å². The third-order valence-corrected chi connectivity index (χ3v) is 4.85. The lowest BCUT2D eigenvalue weighted by Gasteiger charge is -2.10. The third kappa shape index (κ3) is 5.08. The summed E-state index contributed by atoms with van der Waals surface area (Å²) in [6, 6.07) is 10.9. The first-order chi connectivity index (χ1) is 13.7. The number of anilines is 1. The molecule has 0 spiro atoms. The van der Waals surface area contributed by atoms with Crippen LogP contribution in [0.1, 0.15) is 0 Å². The van der Waals surface area contributed by atoms with Crippen molar-refractivity contribution in [3.05, 3.63) is 48.8 Å². The number of rotatable bonds is 9. The van der Waals surface area contributed by atoms with Crippen LogP contribution < -0.4 is 10.1 Å². The Morgan fingerprint density at radius 2 is 1.86 bits per heavy atom. The second-order valence-corrected chi connectivity index (χ2v) is 6.69. The van der Waals surface area contributed by atoms with E-state index in [0.717, 1.165) is 17.1 Å². The molecule has 0 saturated heterocycles. The van der Waals surface area contributed by atoms with Crippen LogP contribution in [-0.2, 0) is 16.1 Å². The third-order valence-electron chi connectivity index (χ3n) is 3.88. The first-order valence-corrected chi connectivity index (χ1v) is 9.59. The Morgan fingerprint density at radius 1 is 1.11 bits per heavy atom. The zero-order valence-electron chi connectivity index (χ0n) is 15.7. The number of methoxy groups -OCH3 is 2. The second-order valence-electron chi connectivity index (χ2n) is 5.75. The van der Waals surface area contributed by atoms with E-state index in [1.165, 1.54) is 11.8 Å². The Morgan fingerprint density at radius 3 is 2.54 bits per heavy atom. The van der Waals surface area contributed by atoms with Gasteiger partial charge >= 0.3 is 0 Å². The van der Waals surface area contributed by atoms with Gasteiger partial charge in [0.2, 0.25) is 5.91 Å². The Kier molecular flexibility index (Phi) is 6.99. The average Bonchev–Trinajstić information content (AvgIpc) is 3.14. The van der Waals surface area contributed by atoms with Crippen molar-refractivity contribution in [1.82, 2.24) is 19.7 Å². The van der Waals surface area contributed by atoms with Crippen LogP contribution in [0.25, 0.3) is 11.4 Å². The van der Waals surface area contributed by atoms with E-state index in [2.05, 4.69) is 20.5 Å². The minimum absolute atomic E-state index is 0.123. The molecule has 8 nitrogen and oxygen atoms in total. The molecular weight excluding hydrogens is 378 g/mol. The van der Waals surface area contributed by atoms with E-state index in [0.29, 0.717) is 24.0 Å². The molecule has 3 rings (SSSR count). The maximum absolute atomic E-state index is 12.3. The van der Waals surface area contributed by atoms with Crippen LogP contribution in [0.5, 0.6) is 5.75 Å². The van der Waals surface area contributed by atoms with Crippen molar-refractivity contribution in [3.63, 3.8) is 0 Å². The van der Waals surface area contributed by atoms with Crippen molar-refractivity contribution >= 4 is 23.4 Å². The molecule has 1 aromatic carbocycles. The molecule has 0 unspecified atom stereocenters. The Labute approximate surface area is 167 Å². The maximum atomic E-state index is 12.3. The Hall–Kier alpha value is -2.91. The van der Waals surface area contributed by atoms with Crippen LogP contribution in [0.4, 0.5) is 5.69 Å². The molecule has 0 aliphatic heterocycles. The molecule has 3 aromatic rings. The Balaban J connectivity index is 1.67. The summed E-state index contributed by atoms with van der Waals surface area (Å²) >= 11 is 1.33. The summed E-state index contributed by atoms with van der Waals surface area (Å²) < 4.78 is 12.3. The molecular formula is C19H21N5O3S. The van der Waals surface area contributed by atoms with Gasteiger partial charge in [-0.3, -0.25) is 14.3 Å². The molecule has 0 bridgehead atoms. The summed E-state index contributed by atoms with van der Waals surface area (Å²) in [4.78, 5) is 16.3. The van der Waals surface area contributed by atoms with Crippen molar-refractivity contribution < 1.29 is 14.3 Å². The van der Waals surface area contributed by atoms with E-state index in [-0.39, 0.29) is 11.7 Å². The number of nitrogens with zero attached hydrogens (tertiary/aromatic N) is 4. The van der Waals surface area contributed by atoms with Gasteiger partial charge < -0.3 is 14.8 Å². The fourth-order valence-electron chi connectivity index (χ4n) is 2.50. The number of ether oxygens (including phenoxy) is 2. The molecule has 1 N–H and O–H groups in total. The van der Waals surface area contributed by atoms with Crippen LogP contribution in [0.3, 0.4) is 0 Å². The predicted octanol–water partition coefficient (Wildman–Crippen LogP) is 2.73. The van der Waals surface area contributed by atoms with Crippen LogP contribution in [0.2, 0.25) is 0 Å². The first-order valence-electron chi connectivity index (χ1n) is 8.60. The van der Waals surface area contributed by atoms with Gasteiger partial charge in [0.15, 0.2) is 11.0 Å². The molecule has 9 heteroatoms. The zero-order valence-corrected chi connectivity index (χ0v) is 16.5. The lowest BCUT2D eigenvalue weighted by molar-refractivity contribution is -0.113. The number of benzene rings is 1. The zero-order chi connectivity index (χ0) is 19.8. The quantitative estimate of drug-likeness (QED) is 0.553. The molecule has 2 aromatic heterocycles. The summed E-state index contributed by atoms with van der Waals surface area (Å²) in [7, 11) is 3.25. The van der Waals surface area contributed by atoms with Crippen molar-refractivity contribution in [2.24, 2.45) is 0 Å². The molecule has 0 saturated carbocycles. The van der Waals surface area contributed by atoms with Crippen LogP contribution in [0, 0.1) is 0 Å². The lowest BCUT2D eigenvalue weighted by atomic mass is 10.2. The first kappa shape index (κ1) is 19.8. The number of hydrogen-bond acceptors (Lipinski definition) is 7. The molecule has 1 amide bonds. The highest BCUT2D eigenvalue weighted by Crippen LogP contribution is 2.24. The van der Waals surface area contributed by atoms with Crippen molar-refractivity contribution in [3.8, 4) is 17.1 Å². The number of hydrogen-bond donors (Lipinski definition) is 1. The monoisotopic (exact) mass is 399 g/mol. The van der Waals surface area contributed by atoms with Gasteiger partial charge in [0.1, 0.15) is 5.75 Å². The van der Waals surface area contributed by atoms with E-state index >= 15 is 0 Å². The van der Waals surface area contributed by atoms with Crippen LogP contribution in [-0.4, -0.2) is 52.2 Å². The smallest absolute Gasteiger partial charge is 0.234 e. The molecule has 0 aliphatic rings. The van der Waals surface area contributed by atoms with Crippen LogP contribution in [0.15, 0.2) is 53.9 Å². The number of nitrogens with one attached hydrogen (secondary N) is 1. The molecule has 2 heterocycles. The number of pyridine rings is 1. The normalized spacial score (nSPS) is 10.6. The minimum Gasteiger partial charge on any atom is -0.497 e. The van der Waals surface area contributed by atoms with Gasteiger partial charge in [0, 0.05) is 30.8 Å². The highest BCUT2D eigenvalue weighted by Gasteiger charge is 2.15. The summed E-state index contributed by atoms with van der Waals surface area (Å²) in [5.41, 5.74) is 1.62. The van der Waals surface area contributed by atoms with E-state index in [4.69, 9.17) is 9.47 Å². The predicted molar refractivity (Wildman–Crippen MR) is 107 cm³/mol. The molecule has 0 aliphatic carbocycles. The van der Waals surface area contributed by atoms with E-state index in [1.807, 2.05) is 16.7 Å². The largest absolute Gasteiger partial charge is 0.497 e. The molecule has 0 atom stereocenters. The van der Waals surface area contributed by atoms with Gasteiger partial charge in [-0.1, -0.05) is 11.8 Å². The SMILES string of the molecule is COCCn1c(SCC(=O)Nc2ccc(OC)cc2)nnc1-c1ccncc1. The fraction of sp³-hybridized carbons (Fsp3) is 0.263. The topological polar surface area (TPSA) is 91.2 Å². The maximum Gasteiger partial charge on any atom is 0.234 e. The second kappa shape index (κ2) is 9.86. The van der Waals surface area contributed by atoms with Crippen molar-refractivity contribution in [2.45, 2.75) is 11.7 Å². The van der Waals surface area contributed by atoms with Crippen molar-refractivity contribution in [2.75, 3.05) is 31.9 Å². The number of thioether (sulfide) groups is 1. The summed E-state index contributed by atoms with van der Waals surface area (Å²) in [6.45, 7) is 1.10. The van der Waals surface area contributed by atoms with E-state index < -0.39 is 0 Å². The highest BCUT2D eigenvalue weighted by molar-refractivity contribution is 7.99. The van der Waals surface area contributed by atoms with E-state index in [9.17, 15) is 4.79 Å². The summed E-state index contributed by atoms with van der Waals surface area (Å²) in [5, 5.41) is 12.1. The molecule has 28 heavy (non-hydrogen) atoms. The molecule has 146 valence electrons.